The molecule has 0 amide bonds. The van der Waals surface area contributed by atoms with E-state index in [1.54, 1.807) is 0 Å². The highest BCUT2D eigenvalue weighted by Crippen LogP contribution is 2.27. The maximum Gasteiger partial charge on any atom is 0.00963 e. The predicted octanol–water partition coefficient (Wildman–Crippen LogP) is 2.35. The Labute approximate surface area is 101 Å². The van der Waals surface area contributed by atoms with E-state index in [0.29, 0.717) is 0 Å². The van der Waals surface area contributed by atoms with Crippen LogP contribution in [0.2, 0.25) is 0 Å². The number of hydrogen-bond acceptors (Lipinski definition) is 2. The third kappa shape index (κ3) is 2.98. The molecule has 2 nitrogen and oxygen atoms in total. The lowest BCUT2D eigenvalue weighted by atomic mass is 9.85. The molecule has 0 radical (unpaired) electrons. The Morgan fingerprint density at radius 3 is 2.19 bits per heavy atom. The number of rotatable bonds is 2. The van der Waals surface area contributed by atoms with Crippen molar-refractivity contribution in [3.63, 3.8) is 0 Å². The van der Waals surface area contributed by atoms with Crippen molar-refractivity contribution in [1.29, 1.82) is 0 Å². The Morgan fingerprint density at radius 1 is 1.06 bits per heavy atom. The smallest absolute Gasteiger partial charge is 0.00963 e. The monoisotopic (exact) mass is 224 g/mol. The maximum atomic E-state index is 3.47. The zero-order valence-electron chi connectivity index (χ0n) is 11.2. The molecule has 94 valence electrons. The lowest BCUT2D eigenvalue weighted by molar-refractivity contribution is 0.0646. The van der Waals surface area contributed by atoms with Gasteiger partial charge in [-0.25, -0.2) is 0 Å². The molecule has 16 heavy (non-hydrogen) atoms. The van der Waals surface area contributed by atoms with E-state index in [-0.39, 0.29) is 0 Å². The Hall–Kier alpha value is -0.0800. The van der Waals surface area contributed by atoms with Crippen LogP contribution in [0.5, 0.6) is 0 Å². The van der Waals surface area contributed by atoms with Crippen molar-refractivity contribution in [2.24, 2.45) is 17.8 Å². The van der Waals surface area contributed by atoms with Crippen LogP contribution in [0.25, 0.3) is 0 Å². The molecule has 2 fully saturated rings. The number of likely N-dealkylation sites (tertiary alicyclic amines) is 1. The van der Waals surface area contributed by atoms with Crippen molar-refractivity contribution in [3.05, 3.63) is 0 Å². The molecular weight excluding hydrogens is 196 g/mol. The van der Waals surface area contributed by atoms with Gasteiger partial charge in [0.05, 0.1) is 0 Å². The van der Waals surface area contributed by atoms with Gasteiger partial charge in [-0.1, -0.05) is 13.8 Å². The summed E-state index contributed by atoms with van der Waals surface area (Å²) in [5, 5.41) is 3.47. The van der Waals surface area contributed by atoms with Crippen LogP contribution in [0.3, 0.4) is 0 Å². The minimum atomic E-state index is 0.798. The summed E-state index contributed by atoms with van der Waals surface area (Å²) in [6.45, 7) is 12.4. The van der Waals surface area contributed by atoms with Crippen molar-refractivity contribution >= 4 is 0 Å². The van der Waals surface area contributed by atoms with E-state index in [9.17, 15) is 0 Å². The van der Waals surface area contributed by atoms with Crippen LogP contribution in [0, 0.1) is 17.8 Å². The van der Waals surface area contributed by atoms with Crippen molar-refractivity contribution in [3.8, 4) is 0 Å². The fourth-order valence-corrected chi connectivity index (χ4v) is 3.67. The molecule has 0 aliphatic carbocycles. The van der Waals surface area contributed by atoms with Gasteiger partial charge in [-0.05, 0) is 57.0 Å². The van der Waals surface area contributed by atoms with Crippen LogP contribution in [-0.4, -0.2) is 37.1 Å². The van der Waals surface area contributed by atoms with E-state index in [1.807, 2.05) is 0 Å². The maximum absolute atomic E-state index is 3.47. The zero-order chi connectivity index (χ0) is 11.5. The molecule has 2 rings (SSSR count). The minimum Gasteiger partial charge on any atom is -0.317 e. The molecule has 0 aromatic rings. The van der Waals surface area contributed by atoms with Gasteiger partial charge < -0.3 is 5.32 Å². The average molecular weight is 224 g/mol. The average Bonchev–Trinajstić information content (AvgIpc) is 2.28. The van der Waals surface area contributed by atoms with E-state index in [1.165, 1.54) is 45.4 Å². The molecule has 0 saturated carbocycles. The Bertz CT molecular complexity index is 201. The second-order valence-electron chi connectivity index (χ2n) is 6.23. The molecular formula is C14H28N2. The van der Waals surface area contributed by atoms with Crippen molar-refractivity contribution in [2.45, 2.75) is 46.1 Å². The first kappa shape index (κ1) is 12.4. The van der Waals surface area contributed by atoms with Gasteiger partial charge in [0.15, 0.2) is 0 Å². The van der Waals surface area contributed by atoms with Gasteiger partial charge in [-0.3, -0.25) is 4.90 Å². The van der Waals surface area contributed by atoms with Gasteiger partial charge in [0.1, 0.15) is 0 Å². The first-order chi connectivity index (χ1) is 7.66. The molecule has 2 aliphatic rings. The van der Waals surface area contributed by atoms with Crippen LogP contribution in [0.15, 0.2) is 0 Å². The standard InChI is InChI=1S/C14H28N2/c1-11-8-12(2)10-16(9-11)13(3)14-4-6-15-7-5-14/h11-15H,4-10H2,1-3H3. The Morgan fingerprint density at radius 2 is 1.62 bits per heavy atom. The highest BCUT2D eigenvalue weighted by atomic mass is 15.2. The molecule has 2 heteroatoms. The van der Waals surface area contributed by atoms with Gasteiger partial charge in [0.2, 0.25) is 0 Å². The van der Waals surface area contributed by atoms with E-state index < -0.39 is 0 Å². The quantitative estimate of drug-likeness (QED) is 0.774. The van der Waals surface area contributed by atoms with Gasteiger partial charge in [-0.2, -0.15) is 0 Å². The molecule has 0 aromatic carbocycles. The third-order valence-corrected chi connectivity index (χ3v) is 4.54. The highest BCUT2D eigenvalue weighted by Gasteiger charge is 2.30. The fourth-order valence-electron chi connectivity index (χ4n) is 3.67. The summed E-state index contributed by atoms with van der Waals surface area (Å²) in [7, 11) is 0. The van der Waals surface area contributed by atoms with E-state index in [0.717, 1.165) is 23.8 Å². The van der Waals surface area contributed by atoms with E-state index in [4.69, 9.17) is 0 Å². The number of nitrogens with zero attached hydrogens (tertiary/aromatic N) is 1. The Kier molecular flexibility index (Phi) is 4.26. The van der Waals surface area contributed by atoms with Crippen molar-refractivity contribution in [2.75, 3.05) is 26.2 Å². The van der Waals surface area contributed by atoms with Gasteiger partial charge in [-0.15, -0.1) is 0 Å². The molecule has 0 bridgehead atoms. The molecule has 3 unspecified atom stereocenters. The summed E-state index contributed by atoms with van der Waals surface area (Å²) in [6.07, 6.45) is 4.18. The second kappa shape index (κ2) is 5.50. The second-order valence-corrected chi connectivity index (χ2v) is 6.23. The van der Waals surface area contributed by atoms with Crippen molar-refractivity contribution < 1.29 is 0 Å². The summed E-state index contributed by atoms with van der Waals surface area (Å²) in [5.74, 6) is 2.72. The van der Waals surface area contributed by atoms with Gasteiger partial charge in [0, 0.05) is 19.1 Å². The van der Waals surface area contributed by atoms with Gasteiger partial charge in [0.25, 0.3) is 0 Å². The first-order valence-corrected chi connectivity index (χ1v) is 7.11. The van der Waals surface area contributed by atoms with Crippen molar-refractivity contribution in [1.82, 2.24) is 10.2 Å². The normalized spacial score (nSPS) is 36.2. The molecule has 3 atom stereocenters. The van der Waals surface area contributed by atoms with Crippen LogP contribution < -0.4 is 5.32 Å². The fraction of sp³-hybridized carbons (Fsp3) is 1.00. The van der Waals surface area contributed by atoms with E-state index >= 15 is 0 Å². The largest absolute Gasteiger partial charge is 0.317 e. The first-order valence-electron chi connectivity index (χ1n) is 7.11. The lowest BCUT2D eigenvalue weighted by Gasteiger charge is -2.42. The summed E-state index contributed by atoms with van der Waals surface area (Å²) in [4.78, 5) is 2.76. The molecule has 0 spiro atoms. The number of nitrogens with one attached hydrogen (secondary N) is 1. The van der Waals surface area contributed by atoms with Crippen LogP contribution in [-0.2, 0) is 0 Å². The predicted molar refractivity (Wildman–Crippen MR) is 69.6 cm³/mol. The third-order valence-electron chi connectivity index (χ3n) is 4.54. The molecule has 0 aromatic heterocycles. The molecule has 2 saturated heterocycles. The number of hydrogen-bond donors (Lipinski definition) is 1. The van der Waals surface area contributed by atoms with E-state index in [2.05, 4.69) is 31.0 Å². The van der Waals surface area contributed by atoms with Gasteiger partial charge >= 0.3 is 0 Å². The topological polar surface area (TPSA) is 15.3 Å². The van der Waals surface area contributed by atoms with Crippen LogP contribution in [0.4, 0.5) is 0 Å². The summed E-state index contributed by atoms with van der Waals surface area (Å²) in [6, 6.07) is 0.798. The van der Waals surface area contributed by atoms with Crippen LogP contribution >= 0.6 is 0 Å². The molecule has 2 aliphatic heterocycles. The summed E-state index contributed by atoms with van der Waals surface area (Å²) < 4.78 is 0. The van der Waals surface area contributed by atoms with Crippen LogP contribution in [0.1, 0.15) is 40.0 Å². The number of piperidine rings is 2. The lowest BCUT2D eigenvalue weighted by Crippen LogP contribution is -2.48. The molecule has 1 N–H and O–H groups in total. The summed E-state index contributed by atoms with van der Waals surface area (Å²) >= 11 is 0. The molecule has 2 heterocycles. The Balaban J connectivity index is 1.89. The summed E-state index contributed by atoms with van der Waals surface area (Å²) in [5.41, 5.74) is 0. The highest BCUT2D eigenvalue weighted by molar-refractivity contribution is 4.84. The minimum absolute atomic E-state index is 0.798. The SMILES string of the molecule is CC1CC(C)CN(C(C)C2CCNCC2)C1. The zero-order valence-corrected chi connectivity index (χ0v) is 11.2.